The summed E-state index contributed by atoms with van der Waals surface area (Å²) in [5, 5.41) is 0. The van der Waals surface area contributed by atoms with E-state index in [0.29, 0.717) is 0 Å². The topological polar surface area (TPSA) is 59.2 Å². The second-order valence-corrected chi connectivity index (χ2v) is 3.63. The molecule has 0 aliphatic carbocycles. The van der Waals surface area contributed by atoms with Crippen LogP contribution in [0.2, 0.25) is 0 Å². The van der Waals surface area contributed by atoms with Crippen molar-refractivity contribution < 1.29 is 4.79 Å². The Balaban J connectivity index is 2.41. The van der Waals surface area contributed by atoms with Gasteiger partial charge in [-0.15, -0.1) is 0 Å². The molecule has 15 heavy (non-hydrogen) atoms. The highest BCUT2D eigenvalue weighted by molar-refractivity contribution is 5.79. The molecule has 1 heterocycles. The molecule has 0 bridgehead atoms. The molecule has 4 heteroatoms. The molecule has 1 unspecified atom stereocenters. The quantitative estimate of drug-likeness (QED) is 0.761. The monoisotopic (exact) mass is 207 g/mol. The van der Waals surface area contributed by atoms with Gasteiger partial charge in [-0.3, -0.25) is 14.7 Å². The zero-order valence-corrected chi connectivity index (χ0v) is 9.18. The number of pyridine rings is 1. The van der Waals surface area contributed by atoms with Crippen molar-refractivity contribution in [2.45, 2.75) is 19.4 Å². The molecule has 4 nitrogen and oxygen atoms in total. The molecule has 0 aromatic carbocycles. The van der Waals surface area contributed by atoms with E-state index < -0.39 is 0 Å². The molecule has 0 aliphatic heterocycles. The Morgan fingerprint density at radius 1 is 1.60 bits per heavy atom. The van der Waals surface area contributed by atoms with Crippen LogP contribution in [-0.4, -0.2) is 35.4 Å². The average Bonchev–Trinajstić information content (AvgIpc) is 2.26. The number of nitrogens with zero attached hydrogens (tertiary/aromatic N) is 2. The first kappa shape index (κ1) is 11.7. The van der Waals surface area contributed by atoms with E-state index in [2.05, 4.69) is 4.98 Å². The molecule has 1 rings (SSSR count). The number of carbonyl (C=O) groups excluding carboxylic acids is 1. The van der Waals surface area contributed by atoms with Crippen LogP contribution in [0.25, 0.3) is 0 Å². The maximum absolute atomic E-state index is 10.9. The Morgan fingerprint density at radius 3 is 2.87 bits per heavy atom. The molecule has 1 amide bonds. The van der Waals surface area contributed by atoms with Crippen LogP contribution < -0.4 is 5.73 Å². The van der Waals surface area contributed by atoms with E-state index in [-0.39, 0.29) is 11.9 Å². The standard InChI is InChI=1S/C11H17N3O/c1-9(11(12)15)14(2)8-6-10-5-3-4-7-13-10/h3-5,7,9H,6,8H2,1-2H3,(H2,12,15). The van der Waals surface area contributed by atoms with E-state index in [4.69, 9.17) is 5.73 Å². The fourth-order valence-electron chi connectivity index (χ4n) is 1.25. The van der Waals surface area contributed by atoms with Crippen LogP contribution in [0.4, 0.5) is 0 Å². The number of carbonyl (C=O) groups is 1. The fraction of sp³-hybridized carbons (Fsp3) is 0.455. The number of amides is 1. The summed E-state index contributed by atoms with van der Waals surface area (Å²) in [5.41, 5.74) is 6.24. The molecule has 82 valence electrons. The summed E-state index contributed by atoms with van der Waals surface area (Å²) in [6.07, 6.45) is 2.60. The van der Waals surface area contributed by atoms with Crippen LogP contribution in [0.15, 0.2) is 24.4 Å². The van der Waals surface area contributed by atoms with Gasteiger partial charge < -0.3 is 5.73 Å². The van der Waals surface area contributed by atoms with Gasteiger partial charge in [-0.05, 0) is 26.1 Å². The van der Waals surface area contributed by atoms with Crippen LogP contribution in [-0.2, 0) is 11.2 Å². The second-order valence-electron chi connectivity index (χ2n) is 3.63. The molecular weight excluding hydrogens is 190 g/mol. The van der Waals surface area contributed by atoms with Crippen molar-refractivity contribution in [3.63, 3.8) is 0 Å². The van der Waals surface area contributed by atoms with Crippen molar-refractivity contribution in [2.24, 2.45) is 5.73 Å². The molecule has 0 saturated heterocycles. The third kappa shape index (κ3) is 3.67. The molecule has 0 saturated carbocycles. The van der Waals surface area contributed by atoms with Gasteiger partial charge in [0.2, 0.25) is 5.91 Å². The lowest BCUT2D eigenvalue weighted by Crippen LogP contribution is -2.41. The van der Waals surface area contributed by atoms with Gasteiger partial charge in [0.25, 0.3) is 0 Å². The summed E-state index contributed by atoms with van der Waals surface area (Å²) >= 11 is 0. The van der Waals surface area contributed by atoms with Crippen LogP contribution in [0.3, 0.4) is 0 Å². The molecule has 1 atom stereocenters. The van der Waals surface area contributed by atoms with Crippen molar-refractivity contribution in [2.75, 3.05) is 13.6 Å². The van der Waals surface area contributed by atoms with E-state index in [1.165, 1.54) is 0 Å². The Morgan fingerprint density at radius 2 is 2.33 bits per heavy atom. The van der Waals surface area contributed by atoms with Gasteiger partial charge in [0.15, 0.2) is 0 Å². The Hall–Kier alpha value is -1.42. The molecule has 0 radical (unpaired) electrons. The average molecular weight is 207 g/mol. The zero-order chi connectivity index (χ0) is 11.3. The van der Waals surface area contributed by atoms with Gasteiger partial charge in [0, 0.05) is 24.9 Å². The third-order valence-electron chi connectivity index (χ3n) is 2.52. The Bertz CT molecular complexity index is 313. The minimum absolute atomic E-state index is 0.228. The molecule has 0 aliphatic rings. The normalized spacial score (nSPS) is 12.7. The van der Waals surface area contributed by atoms with Gasteiger partial charge >= 0.3 is 0 Å². The number of aromatic nitrogens is 1. The zero-order valence-electron chi connectivity index (χ0n) is 9.18. The van der Waals surface area contributed by atoms with Crippen LogP contribution in [0, 0.1) is 0 Å². The number of rotatable bonds is 5. The molecule has 0 fully saturated rings. The number of likely N-dealkylation sites (N-methyl/N-ethyl adjacent to an activating group) is 1. The van der Waals surface area contributed by atoms with Crippen LogP contribution >= 0.6 is 0 Å². The summed E-state index contributed by atoms with van der Waals surface area (Å²) in [4.78, 5) is 17.1. The van der Waals surface area contributed by atoms with E-state index >= 15 is 0 Å². The maximum Gasteiger partial charge on any atom is 0.234 e. The first-order valence-corrected chi connectivity index (χ1v) is 5.00. The molecule has 2 N–H and O–H groups in total. The predicted molar refractivity (Wildman–Crippen MR) is 59.2 cm³/mol. The van der Waals surface area contributed by atoms with Crippen molar-refractivity contribution in [1.82, 2.24) is 9.88 Å². The molecule has 1 aromatic heterocycles. The molecule has 1 aromatic rings. The Kier molecular flexibility index (Phi) is 4.24. The predicted octanol–water partition coefficient (Wildman–Crippen LogP) is 0.430. The number of primary amides is 1. The highest BCUT2D eigenvalue weighted by Crippen LogP contribution is 1.99. The van der Waals surface area contributed by atoms with Crippen molar-refractivity contribution >= 4 is 5.91 Å². The van der Waals surface area contributed by atoms with E-state index in [1.807, 2.05) is 30.1 Å². The van der Waals surface area contributed by atoms with Gasteiger partial charge in [0.05, 0.1) is 6.04 Å². The molecule has 0 spiro atoms. The third-order valence-corrected chi connectivity index (χ3v) is 2.52. The van der Waals surface area contributed by atoms with Crippen molar-refractivity contribution in [3.8, 4) is 0 Å². The smallest absolute Gasteiger partial charge is 0.234 e. The number of nitrogens with two attached hydrogens (primary N) is 1. The first-order valence-electron chi connectivity index (χ1n) is 5.00. The lowest BCUT2D eigenvalue weighted by molar-refractivity contribution is -0.122. The summed E-state index contributed by atoms with van der Waals surface area (Å²) in [5.74, 6) is -0.293. The lowest BCUT2D eigenvalue weighted by atomic mass is 10.2. The second kappa shape index (κ2) is 5.46. The minimum Gasteiger partial charge on any atom is -0.368 e. The highest BCUT2D eigenvalue weighted by Gasteiger charge is 2.13. The maximum atomic E-state index is 10.9. The van der Waals surface area contributed by atoms with Crippen LogP contribution in [0.5, 0.6) is 0 Å². The number of hydrogen-bond donors (Lipinski definition) is 1. The van der Waals surface area contributed by atoms with Crippen molar-refractivity contribution in [1.29, 1.82) is 0 Å². The fourth-order valence-corrected chi connectivity index (χ4v) is 1.25. The van der Waals surface area contributed by atoms with Gasteiger partial charge in [0.1, 0.15) is 0 Å². The van der Waals surface area contributed by atoms with Gasteiger partial charge in [-0.1, -0.05) is 6.07 Å². The summed E-state index contributed by atoms with van der Waals surface area (Å²) < 4.78 is 0. The van der Waals surface area contributed by atoms with E-state index in [9.17, 15) is 4.79 Å². The van der Waals surface area contributed by atoms with Gasteiger partial charge in [-0.25, -0.2) is 0 Å². The van der Waals surface area contributed by atoms with Crippen LogP contribution in [0.1, 0.15) is 12.6 Å². The first-order chi connectivity index (χ1) is 7.11. The van der Waals surface area contributed by atoms with Gasteiger partial charge in [-0.2, -0.15) is 0 Å². The summed E-state index contributed by atoms with van der Waals surface area (Å²) in [7, 11) is 1.89. The largest absolute Gasteiger partial charge is 0.368 e. The molecular formula is C11H17N3O. The summed E-state index contributed by atoms with van der Waals surface area (Å²) in [6, 6.07) is 5.59. The van der Waals surface area contributed by atoms with E-state index in [1.54, 1.807) is 13.1 Å². The number of hydrogen-bond acceptors (Lipinski definition) is 3. The van der Waals surface area contributed by atoms with Crippen molar-refractivity contribution in [3.05, 3.63) is 30.1 Å². The SMILES string of the molecule is CC(C(N)=O)N(C)CCc1ccccn1. The Labute approximate surface area is 90.1 Å². The lowest BCUT2D eigenvalue weighted by Gasteiger charge is -2.21. The highest BCUT2D eigenvalue weighted by atomic mass is 16.1. The minimum atomic E-state index is -0.293. The van der Waals surface area contributed by atoms with E-state index in [0.717, 1.165) is 18.7 Å². The summed E-state index contributed by atoms with van der Waals surface area (Å²) in [6.45, 7) is 2.59.